The number of rotatable bonds is 4. The van der Waals surface area contributed by atoms with Gasteiger partial charge in [-0.1, -0.05) is 23.8 Å². The molecule has 1 aliphatic rings. The predicted octanol–water partition coefficient (Wildman–Crippen LogP) is 2.15. The SMILES string of the molecule is NC(=S)c1ccc(S(=O)(=O)NC2CCCSC2)cc1Cl. The van der Waals surface area contributed by atoms with Crippen LogP contribution in [0.25, 0.3) is 0 Å². The van der Waals surface area contributed by atoms with Gasteiger partial charge in [0, 0.05) is 17.4 Å². The van der Waals surface area contributed by atoms with Crippen molar-refractivity contribution in [3.8, 4) is 0 Å². The average Bonchev–Trinajstić information content (AvgIpc) is 2.38. The zero-order valence-electron chi connectivity index (χ0n) is 10.6. The molecular weight excluding hydrogens is 336 g/mol. The summed E-state index contributed by atoms with van der Waals surface area (Å²) in [6, 6.07) is 4.37. The zero-order chi connectivity index (χ0) is 14.8. The predicted molar refractivity (Wildman–Crippen MR) is 88.0 cm³/mol. The van der Waals surface area contributed by atoms with Gasteiger partial charge in [0.15, 0.2) is 0 Å². The molecule has 1 heterocycles. The van der Waals surface area contributed by atoms with Crippen molar-refractivity contribution in [1.82, 2.24) is 4.72 Å². The van der Waals surface area contributed by atoms with E-state index in [-0.39, 0.29) is 20.9 Å². The summed E-state index contributed by atoms with van der Waals surface area (Å²) in [5, 5.41) is 0.249. The van der Waals surface area contributed by atoms with Crippen LogP contribution >= 0.6 is 35.6 Å². The molecule has 1 aromatic carbocycles. The molecular formula is C12H15ClN2O2S3. The Hall–Kier alpha value is -0.340. The Kier molecular flexibility index (Phi) is 5.30. The van der Waals surface area contributed by atoms with Gasteiger partial charge < -0.3 is 5.73 Å². The second-order valence-corrected chi connectivity index (χ2v) is 8.25. The normalized spacial score (nSPS) is 19.8. The van der Waals surface area contributed by atoms with E-state index < -0.39 is 10.0 Å². The van der Waals surface area contributed by atoms with Crippen LogP contribution in [0.15, 0.2) is 23.1 Å². The Morgan fingerprint density at radius 3 is 2.80 bits per heavy atom. The summed E-state index contributed by atoms with van der Waals surface area (Å²) in [7, 11) is -3.56. The fraction of sp³-hybridized carbons (Fsp3) is 0.417. The van der Waals surface area contributed by atoms with E-state index in [0.29, 0.717) is 5.56 Å². The first-order valence-corrected chi connectivity index (χ1v) is 9.52. The molecule has 0 aromatic heterocycles. The van der Waals surface area contributed by atoms with Gasteiger partial charge in [-0.15, -0.1) is 0 Å². The van der Waals surface area contributed by atoms with E-state index in [0.717, 1.165) is 24.3 Å². The smallest absolute Gasteiger partial charge is 0.240 e. The van der Waals surface area contributed by atoms with Crippen LogP contribution in [0.3, 0.4) is 0 Å². The quantitative estimate of drug-likeness (QED) is 0.814. The lowest BCUT2D eigenvalue weighted by molar-refractivity contribution is 0.543. The molecule has 1 atom stereocenters. The summed E-state index contributed by atoms with van der Waals surface area (Å²) in [6.45, 7) is 0. The minimum atomic E-state index is -3.56. The minimum absolute atomic E-state index is 0.0206. The fourth-order valence-corrected chi connectivity index (χ4v) is 5.04. The summed E-state index contributed by atoms with van der Waals surface area (Å²) in [5.74, 6) is 1.89. The molecule has 1 aliphatic heterocycles. The zero-order valence-corrected chi connectivity index (χ0v) is 13.8. The van der Waals surface area contributed by atoms with Crippen molar-refractivity contribution >= 4 is 50.6 Å². The molecule has 0 bridgehead atoms. The Morgan fingerprint density at radius 2 is 2.25 bits per heavy atom. The number of thioether (sulfide) groups is 1. The number of halogens is 1. The molecule has 1 unspecified atom stereocenters. The van der Waals surface area contributed by atoms with E-state index in [1.807, 2.05) is 0 Å². The molecule has 0 saturated carbocycles. The molecule has 20 heavy (non-hydrogen) atoms. The van der Waals surface area contributed by atoms with E-state index in [9.17, 15) is 8.42 Å². The van der Waals surface area contributed by atoms with E-state index >= 15 is 0 Å². The van der Waals surface area contributed by atoms with Gasteiger partial charge in [-0.2, -0.15) is 11.8 Å². The first kappa shape index (κ1) is 16.0. The van der Waals surface area contributed by atoms with Gasteiger partial charge in [0.2, 0.25) is 10.0 Å². The summed E-state index contributed by atoms with van der Waals surface area (Å²) < 4.78 is 27.3. The van der Waals surface area contributed by atoms with Crippen LogP contribution in [0, 0.1) is 0 Å². The van der Waals surface area contributed by atoms with E-state index in [1.165, 1.54) is 18.2 Å². The summed E-state index contributed by atoms with van der Waals surface area (Å²) >= 11 is 12.6. The molecule has 2 rings (SSSR count). The van der Waals surface area contributed by atoms with Crippen molar-refractivity contribution in [3.05, 3.63) is 28.8 Å². The van der Waals surface area contributed by atoms with Crippen LogP contribution in [0.1, 0.15) is 18.4 Å². The second kappa shape index (κ2) is 6.62. The van der Waals surface area contributed by atoms with Gasteiger partial charge in [-0.3, -0.25) is 0 Å². The molecule has 1 aromatic rings. The molecule has 0 spiro atoms. The number of nitrogens with one attached hydrogen (secondary N) is 1. The number of thiocarbonyl (C=S) groups is 1. The number of hydrogen-bond donors (Lipinski definition) is 2. The van der Waals surface area contributed by atoms with Crippen molar-refractivity contribution in [2.45, 2.75) is 23.8 Å². The molecule has 110 valence electrons. The number of nitrogens with two attached hydrogens (primary N) is 1. The summed E-state index contributed by atoms with van der Waals surface area (Å²) in [6.07, 6.45) is 1.89. The highest BCUT2D eigenvalue weighted by atomic mass is 35.5. The van der Waals surface area contributed by atoms with Crippen LogP contribution in [0.4, 0.5) is 0 Å². The molecule has 0 aliphatic carbocycles. The first-order chi connectivity index (χ1) is 9.40. The van der Waals surface area contributed by atoms with Crippen LogP contribution in [0.5, 0.6) is 0 Å². The molecule has 3 N–H and O–H groups in total. The first-order valence-electron chi connectivity index (χ1n) is 6.09. The lowest BCUT2D eigenvalue weighted by Gasteiger charge is -2.22. The molecule has 1 saturated heterocycles. The molecule has 0 radical (unpaired) electrons. The van der Waals surface area contributed by atoms with Crippen molar-refractivity contribution in [2.24, 2.45) is 5.73 Å². The van der Waals surface area contributed by atoms with Crippen molar-refractivity contribution in [3.63, 3.8) is 0 Å². The van der Waals surface area contributed by atoms with Crippen molar-refractivity contribution in [1.29, 1.82) is 0 Å². The van der Waals surface area contributed by atoms with Gasteiger partial charge in [-0.05, 0) is 36.8 Å². The van der Waals surface area contributed by atoms with Crippen LogP contribution in [-0.4, -0.2) is 31.0 Å². The highest BCUT2D eigenvalue weighted by Crippen LogP contribution is 2.23. The molecule has 1 fully saturated rings. The van der Waals surface area contributed by atoms with Gasteiger partial charge >= 0.3 is 0 Å². The van der Waals surface area contributed by atoms with Gasteiger partial charge in [0.1, 0.15) is 4.99 Å². The maximum Gasteiger partial charge on any atom is 0.240 e. The maximum atomic E-state index is 12.3. The van der Waals surface area contributed by atoms with E-state index in [2.05, 4.69) is 4.72 Å². The van der Waals surface area contributed by atoms with Crippen LogP contribution in [-0.2, 0) is 10.0 Å². The lowest BCUT2D eigenvalue weighted by Crippen LogP contribution is -2.38. The second-order valence-electron chi connectivity index (χ2n) is 4.54. The largest absolute Gasteiger partial charge is 0.389 e. The molecule has 8 heteroatoms. The van der Waals surface area contributed by atoms with E-state index in [4.69, 9.17) is 29.6 Å². The average molecular weight is 351 g/mol. The highest BCUT2D eigenvalue weighted by molar-refractivity contribution is 7.99. The standard InChI is InChI=1S/C12H15ClN2O2S3/c13-11-6-9(3-4-10(11)12(14)18)20(16,17)15-8-2-1-5-19-7-8/h3-4,6,8,15H,1-2,5,7H2,(H2,14,18). The third-order valence-corrected chi connectivity index (χ3v) is 6.26. The summed E-state index contributed by atoms with van der Waals surface area (Å²) in [5.41, 5.74) is 5.98. The Morgan fingerprint density at radius 1 is 1.50 bits per heavy atom. The Balaban J connectivity index is 2.20. The van der Waals surface area contributed by atoms with Gasteiger partial charge in [0.05, 0.1) is 9.92 Å². The van der Waals surface area contributed by atoms with Crippen LogP contribution in [0.2, 0.25) is 5.02 Å². The minimum Gasteiger partial charge on any atom is -0.389 e. The lowest BCUT2D eigenvalue weighted by atomic mass is 10.2. The monoisotopic (exact) mass is 350 g/mol. The molecule has 4 nitrogen and oxygen atoms in total. The van der Waals surface area contributed by atoms with Crippen molar-refractivity contribution in [2.75, 3.05) is 11.5 Å². The van der Waals surface area contributed by atoms with Crippen molar-refractivity contribution < 1.29 is 8.42 Å². The van der Waals surface area contributed by atoms with Gasteiger partial charge in [0.25, 0.3) is 0 Å². The maximum absolute atomic E-state index is 12.3. The van der Waals surface area contributed by atoms with Gasteiger partial charge in [-0.25, -0.2) is 13.1 Å². The topological polar surface area (TPSA) is 72.2 Å². The van der Waals surface area contributed by atoms with E-state index in [1.54, 1.807) is 11.8 Å². The van der Waals surface area contributed by atoms with Crippen LogP contribution < -0.4 is 10.5 Å². The third kappa shape index (κ3) is 3.85. The Bertz CT molecular complexity index is 613. The summed E-state index contributed by atoms with van der Waals surface area (Å²) in [4.78, 5) is 0.286. The third-order valence-electron chi connectivity index (χ3n) is 3.00. The fourth-order valence-electron chi connectivity index (χ4n) is 1.98. The highest BCUT2D eigenvalue weighted by Gasteiger charge is 2.22. The number of hydrogen-bond acceptors (Lipinski definition) is 4. The number of benzene rings is 1. The molecule has 0 amide bonds. The Labute approximate surface area is 133 Å². The number of sulfonamides is 1.